The van der Waals surface area contributed by atoms with Crippen molar-refractivity contribution in [1.82, 2.24) is 0 Å². The van der Waals surface area contributed by atoms with E-state index in [2.05, 4.69) is 91.0 Å². The Balaban J connectivity index is 2.00. The van der Waals surface area contributed by atoms with Gasteiger partial charge in [-0.1, -0.05) is 78.9 Å². The number of ether oxygens (including phenoxy) is 1. The van der Waals surface area contributed by atoms with E-state index in [4.69, 9.17) is 4.74 Å². The molecule has 0 amide bonds. The zero-order valence-corrected chi connectivity index (χ0v) is 14.6. The van der Waals surface area contributed by atoms with Gasteiger partial charge < -0.3 is 4.74 Å². The first-order valence-electron chi connectivity index (χ1n) is 8.83. The molecule has 0 N–H and O–H groups in total. The van der Waals surface area contributed by atoms with Crippen molar-refractivity contribution in [2.45, 2.75) is 0 Å². The third kappa shape index (κ3) is 2.18. The SMILES string of the molecule is COc1ccc2ccccc2c1-c1cc2ccccc2c2ccccc12. The van der Waals surface area contributed by atoms with Gasteiger partial charge in [-0.25, -0.2) is 0 Å². The van der Waals surface area contributed by atoms with Crippen molar-refractivity contribution < 1.29 is 4.74 Å². The smallest absolute Gasteiger partial charge is 0.127 e. The maximum Gasteiger partial charge on any atom is 0.127 e. The normalized spacial score (nSPS) is 11.3. The van der Waals surface area contributed by atoms with Gasteiger partial charge in [0.1, 0.15) is 5.75 Å². The second-order valence-electron chi connectivity index (χ2n) is 6.55. The lowest BCUT2D eigenvalue weighted by Gasteiger charge is -2.16. The molecule has 0 saturated carbocycles. The minimum atomic E-state index is 0.907. The highest BCUT2D eigenvalue weighted by Gasteiger charge is 2.15. The van der Waals surface area contributed by atoms with Gasteiger partial charge in [-0.05, 0) is 50.0 Å². The molecule has 26 heavy (non-hydrogen) atoms. The van der Waals surface area contributed by atoms with E-state index in [1.54, 1.807) is 7.11 Å². The summed E-state index contributed by atoms with van der Waals surface area (Å²) in [5.41, 5.74) is 2.38. The first-order valence-corrected chi connectivity index (χ1v) is 8.83. The Morgan fingerprint density at radius 1 is 0.538 bits per heavy atom. The molecule has 0 saturated heterocycles. The zero-order valence-electron chi connectivity index (χ0n) is 14.6. The molecule has 5 aromatic rings. The summed E-state index contributed by atoms with van der Waals surface area (Å²) in [4.78, 5) is 0. The summed E-state index contributed by atoms with van der Waals surface area (Å²) in [6.07, 6.45) is 0. The largest absolute Gasteiger partial charge is 0.496 e. The highest BCUT2D eigenvalue weighted by atomic mass is 16.5. The van der Waals surface area contributed by atoms with E-state index in [-0.39, 0.29) is 0 Å². The standard InChI is InChI=1S/C25H18O/c1-26-24-15-14-17-8-2-5-11-20(17)25(24)23-16-18-9-3-4-10-19(18)21-12-6-7-13-22(21)23/h2-16H,1H3. The number of rotatable bonds is 2. The lowest BCUT2D eigenvalue weighted by atomic mass is 9.90. The molecule has 0 fully saturated rings. The molecule has 0 atom stereocenters. The van der Waals surface area contributed by atoms with Crippen LogP contribution in [0.15, 0.2) is 91.0 Å². The molecule has 124 valence electrons. The average Bonchev–Trinajstić information content (AvgIpc) is 2.72. The van der Waals surface area contributed by atoms with E-state index in [1.165, 1.54) is 37.9 Å². The van der Waals surface area contributed by atoms with Gasteiger partial charge in [-0.3, -0.25) is 0 Å². The number of methoxy groups -OCH3 is 1. The summed E-state index contributed by atoms with van der Waals surface area (Å²) in [6, 6.07) is 32.2. The van der Waals surface area contributed by atoms with E-state index in [0.717, 1.165) is 11.3 Å². The van der Waals surface area contributed by atoms with Crippen LogP contribution in [0.2, 0.25) is 0 Å². The molecule has 0 aromatic heterocycles. The summed E-state index contributed by atoms with van der Waals surface area (Å²) >= 11 is 0. The second kappa shape index (κ2) is 5.89. The van der Waals surface area contributed by atoms with Gasteiger partial charge in [0.2, 0.25) is 0 Å². The molecular formula is C25H18O. The monoisotopic (exact) mass is 334 g/mol. The zero-order chi connectivity index (χ0) is 17.5. The van der Waals surface area contributed by atoms with Gasteiger partial charge in [-0.15, -0.1) is 0 Å². The Kier molecular flexibility index (Phi) is 3.39. The molecule has 5 aromatic carbocycles. The molecule has 0 bridgehead atoms. The molecule has 1 nitrogen and oxygen atoms in total. The molecule has 0 unspecified atom stereocenters. The number of hydrogen-bond donors (Lipinski definition) is 0. The van der Waals surface area contributed by atoms with E-state index >= 15 is 0 Å². The van der Waals surface area contributed by atoms with Crippen LogP contribution in [0.25, 0.3) is 43.4 Å². The summed E-state index contributed by atoms with van der Waals surface area (Å²) in [5, 5.41) is 7.49. The van der Waals surface area contributed by atoms with E-state index in [1.807, 2.05) is 0 Å². The second-order valence-corrected chi connectivity index (χ2v) is 6.55. The van der Waals surface area contributed by atoms with Crippen molar-refractivity contribution in [2.75, 3.05) is 7.11 Å². The van der Waals surface area contributed by atoms with Crippen LogP contribution in [-0.2, 0) is 0 Å². The molecule has 1 heteroatoms. The van der Waals surface area contributed by atoms with E-state index in [9.17, 15) is 0 Å². The molecule has 5 rings (SSSR count). The van der Waals surface area contributed by atoms with Crippen molar-refractivity contribution in [1.29, 1.82) is 0 Å². The highest BCUT2D eigenvalue weighted by molar-refractivity contribution is 6.17. The summed E-state index contributed by atoms with van der Waals surface area (Å²) < 4.78 is 5.77. The van der Waals surface area contributed by atoms with Crippen LogP contribution in [-0.4, -0.2) is 7.11 Å². The molecule has 0 spiro atoms. The topological polar surface area (TPSA) is 9.23 Å². The van der Waals surface area contributed by atoms with Crippen molar-refractivity contribution in [3.63, 3.8) is 0 Å². The van der Waals surface area contributed by atoms with Crippen LogP contribution in [0.3, 0.4) is 0 Å². The predicted molar refractivity (Wildman–Crippen MR) is 111 cm³/mol. The molecule has 0 heterocycles. The fourth-order valence-corrected chi connectivity index (χ4v) is 3.96. The quantitative estimate of drug-likeness (QED) is 0.322. The Morgan fingerprint density at radius 2 is 1.15 bits per heavy atom. The van der Waals surface area contributed by atoms with Crippen LogP contribution >= 0.6 is 0 Å². The minimum Gasteiger partial charge on any atom is -0.496 e. The molecular weight excluding hydrogens is 316 g/mol. The molecule has 0 aliphatic rings. The summed E-state index contributed by atoms with van der Waals surface area (Å²) in [6.45, 7) is 0. The highest BCUT2D eigenvalue weighted by Crippen LogP contribution is 2.42. The van der Waals surface area contributed by atoms with E-state index < -0.39 is 0 Å². The average molecular weight is 334 g/mol. The van der Waals surface area contributed by atoms with E-state index in [0.29, 0.717) is 0 Å². The maximum atomic E-state index is 5.77. The third-order valence-electron chi connectivity index (χ3n) is 5.15. The van der Waals surface area contributed by atoms with Crippen LogP contribution in [0, 0.1) is 0 Å². The Hall–Kier alpha value is -3.32. The van der Waals surface area contributed by atoms with Gasteiger partial charge in [0.05, 0.1) is 7.11 Å². The Morgan fingerprint density at radius 3 is 1.92 bits per heavy atom. The number of hydrogen-bond acceptors (Lipinski definition) is 1. The van der Waals surface area contributed by atoms with Crippen molar-refractivity contribution in [3.05, 3.63) is 91.0 Å². The van der Waals surface area contributed by atoms with Gasteiger partial charge in [0, 0.05) is 5.56 Å². The molecule has 0 aliphatic heterocycles. The van der Waals surface area contributed by atoms with Crippen molar-refractivity contribution >= 4 is 32.3 Å². The first-order chi connectivity index (χ1) is 12.9. The lowest BCUT2D eigenvalue weighted by Crippen LogP contribution is -1.91. The molecule has 0 radical (unpaired) electrons. The lowest BCUT2D eigenvalue weighted by molar-refractivity contribution is 0.417. The maximum absolute atomic E-state index is 5.77. The van der Waals surface area contributed by atoms with Crippen molar-refractivity contribution in [2.24, 2.45) is 0 Å². The molecule has 0 aliphatic carbocycles. The van der Waals surface area contributed by atoms with Gasteiger partial charge in [0.25, 0.3) is 0 Å². The first kappa shape index (κ1) is 15.0. The van der Waals surface area contributed by atoms with Gasteiger partial charge in [0.15, 0.2) is 0 Å². The van der Waals surface area contributed by atoms with Gasteiger partial charge >= 0.3 is 0 Å². The van der Waals surface area contributed by atoms with Crippen LogP contribution in [0.1, 0.15) is 0 Å². The number of fused-ring (bicyclic) bond motifs is 4. The Labute approximate surface area is 152 Å². The fourth-order valence-electron chi connectivity index (χ4n) is 3.96. The van der Waals surface area contributed by atoms with Crippen molar-refractivity contribution in [3.8, 4) is 16.9 Å². The number of benzene rings is 5. The van der Waals surface area contributed by atoms with Crippen LogP contribution in [0.5, 0.6) is 5.75 Å². The third-order valence-corrected chi connectivity index (χ3v) is 5.15. The van der Waals surface area contributed by atoms with Crippen LogP contribution in [0.4, 0.5) is 0 Å². The Bertz CT molecular complexity index is 1270. The fraction of sp³-hybridized carbons (Fsp3) is 0.0400. The summed E-state index contributed by atoms with van der Waals surface area (Å²) in [7, 11) is 1.75. The predicted octanol–water partition coefficient (Wildman–Crippen LogP) is 6.82. The van der Waals surface area contributed by atoms with Crippen LogP contribution < -0.4 is 4.74 Å². The summed E-state index contributed by atoms with van der Waals surface area (Å²) in [5.74, 6) is 0.907. The van der Waals surface area contributed by atoms with Gasteiger partial charge in [-0.2, -0.15) is 0 Å². The minimum absolute atomic E-state index is 0.907.